The highest BCUT2D eigenvalue weighted by Gasteiger charge is 2.51. The molecule has 2 heteroatoms. The van der Waals surface area contributed by atoms with Gasteiger partial charge in [-0.25, -0.2) is 0 Å². The van der Waals surface area contributed by atoms with Gasteiger partial charge in [0.1, 0.15) is 11.2 Å². The molecule has 11 aromatic carbocycles. The first-order chi connectivity index (χ1) is 33.2. The van der Waals surface area contributed by atoms with Crippen molar-refractivity contribution in [3.63, 3.8) is 0 Å². The van der Waals surface area contributed by atoms with Gasteiger partial charge in [-0.3, -0.25) is 0 Å². The molecule has 312 valence electrons. The molecule has 2 aliphatic rings. The van der Waals surface area contributed by atoms with E-state index in [4.69, 9.17) is 4.42 Å². The minimum absolute atomic E-state index is 0.456. The molecule has 1 heterocycles. The van der Waals surface area contributed by atoms with E-state index in [1.54, 1.807) is 0 Å². The van der Waals surface area contributed by atoms with E-state index in [1.807, 2.05) is 6.07 Å². The molecule has 2 aliphatic carbocycles. The summed E-state index contributed by atoms with van der Waals surface area (Å²) in [6, 6.07) is 91.3. The van der Waals surface area contributed by atoms with Crippen LogP contribution in [-0.2, 0) is 5.41 Å². The molecule has 0 N–H and O–H groups in total. The molecule has 0 fully saturated rings. The van der Waals surface area contributed by atoms with Crippen molar-refractivity contribution in [1.29, 1.82) is 0 Å². The molecule has 14 rings (SSSR count). The number of anilines is 3. The van der Waals surface area contributed by atoms with Gasteiger partial charge < -0.3 is 9.32 Å². The van der Waals surface area contributed by atoms with Crippen molar-refractivity contribution in [2.45, 2.75) is 5.41 Å². The van der Waals surface area contributed by atoms with E-state index in [1.165, 1.54) is 77.5 Å². The summed E-state index contributed by atoms with van der Waals surface area (Å²) in [4.78, 5) is 2.44. The fourth-order valence-electron chi connectivity index (χ4n) is 11.6. The van der Waals surface area contributed by atoms with Crippen molar-refractivity contribution in [3.8, 4) is 55.6 Å². The van der Waals surface area contributed by atoms with E-state index < -0.39 is 5.41 Å². The summed E-state index contributed by atoms with van der Waals surface area (Å²) in [5.74, 6) is 0. The monoisotopic (exact) mass is 851 g/mol. The third-order valence-electron chi connectivity index (χ3n) is 14.5. The molecule has 0 saturated carbocycles. The van der Waals surface area contributed by atoms with Crippen LogP contribution in [0.1, 0.15) is 22.3 Å². The highest BCUT2D eigenvalue weighted by atomic mass is 16.3. The number of para-hydroxylation sites is 1. The van der Waals surface area contributed by atoms with Gasteiger partial charge in [0.25, 0.3) is 0 Å². The van der Waals surface area contributed by atoms with Crippen LogP contribution in [0.3, 0.4) is 0 Å². The molecule has 0 radical (unpaired) electrons. The van der Waals surface area contributed by atoms with Crippen LogP contribution in [0.4, 0.5) is 17.1 Å². The fraction of sp³-hybridized carbons (Fsp3) is 0.0154. The first-order valence-corrected chi connectivity index (χ1v) is 23.2. The molecular weight excluding hydrogens is 811 g/mol. The standard InChI is InChI=1S/C65H41NO/c1-2-18-50-44(14-1)15-12-23-51(50)45-32-30-42(31-33-45)43-34-36-47(37-35-43)66(48-17-11-16-46(40-48)52-24-13-29-63-64(52)57-22-6-10-28-62(57)67-63)49-38-39-56-55-21-5-9-27-60(55)65(61(56)41-49)58-25-7-3-19-53(58)54-20-4-8-26-59(54)65/h1-41H. The van der Waals surface area contributed by atoms with Crippen LogP contribution in [0.15, 0.2) is 253 Å². The van der Waals surface area contributed by atoms with Crippen molar-refractivity contribution in [2.24, 2.45) is 0 Å². The van der Waals surface area contributed by atoms with Gasteiger partial charge in [-0.15, -0.1) is 0 Å². The zero-order valence-corrected chi connectivity index (χ0v) is 36.5. The quantitative estimate of drug-likeness (QED) is 0.166. The first kappa shape index (κ1) is 37.6. The van der Waals surface area contributed by atoms with Gasteiger partial charge >= 0.3 is 0 Å². The molecule has 1 spiro atoms. The summed E-state index contributed by atoms with van der Waals surface area (Å²) < 4.78 is 6.38. The highest BCUT2D eigenvalue weighted by Crippen LogP contribution is 2.63. The Labute approximate surface area is 389 Å². The summed E-state index contributed by atoms with van der Waals surface area (Å²) in [5.41, 5.74) is 22.2. The SMILES string of the molecule is c1cc(-c2cccc3oc4ccccc4c23)cc(N(c2ccc(-c3ccc(-c4cccc5ccccc45)cc3)cc2)c2ccc3c(c2)C2(c4ccccc4-c4ccccc42)c2ccccc2-3)c1. The molecule has 1 aromatic heterocycles. The molecule has 12 aromatic rings. The number of fused-ring (bicyclic) bond motifs is 14. The van der Waals surface area contributed by atoms with Crippen molar-refractivity contribution in [2.75, 3.05) is 4.90 Å². The van der Waals surface area contributed by atoms with E-state index >= 15 is 0 Å². The number of nitrogens with zero attached hydrogens (tertiary/aromatic N) is 1. The van der Waals surface area contributed by atoms with Gasteiger partial charge in [-0.05, 0) is 137 Å². The average molecular weight is 852 g/mol. The Morgan fingerprint density at radius 2 is 0.776 bits per heavy atom. The van der Waals surface area contributed by atoms with Crippen molar-refractivity contribution < 1.29 is 4.42 Å². The summed E-state index contributed by atoms with van der Waals surface area (Å²) in [6.07, 6.45) is 0. The molecule has 0 amide bonds. The predicted molar refractivity (Wildman–Crippen MR) is 279 cm³/mol. The predicted octanol–water partition coefficient (Wildman–Crippen LogP) is 17.6. The van der Waals surface area contributed by atoms with E-state index in [-0.39, 0.29) is 0 Å². The molecule has 2 nitrogen and oxygen atoms in total. The summed E-state index contributed by atoms with van der Waals surface area (Å²) in [6.45, 7) is 0. The molecular formula is C65H41NO. The summed E-state index contributed by atoms with van der Waals surface area (Å²) in [7, 11) is 0. The normalized spacial score (nSPS) is 12.9. The van der Waals surface area contributed by atoms with E-state index in [2.05, 4.69) is 248 Å². The van der Waals surface area contributed by atoms with Gasteiger partial charge in [-0.1, -0.05) is 200 Å². The summed E-state index contributed by atoms with van der Waals surface area (Å²) in [5, 5.41) is 4.77. The lowest BCUT2D eigenvalue weighted by Gasteiger charge is -2.32. The van der Waals surface area contributed by atoms with Crippen LogP contribution in [0.5, 0.6) is 0 Å². The van der Waals surface area contributed by atoms with Gasteiger partial charge in [0.15, 0.2) is 0 Å². The second-order valence-electron chi connectivity index (χ2n) is 17.9. The van der Waals surface area contributed by atoms with Crippen molar-refractivity contribution in [3.05, 3.63) is 271 Å². The number of hydrogen-bond acceptors (Lipinski definition) is 2. The molecule has 0 unspecified atom stereocenters. The largest absolute Gasteiger partial charge is 0.456 e. The number of benzene rings is 11. The van der Waals surface area contributed by atoms with Crippen LogP contribution in [0, 0.1) is 0 Å². The van der Waals surface area contributed by atoms with Crippen molar-refractivity contribution >= 4 is 49.8 Å². The fourth-order valence-corrected chi connectivity index (χ4v) is 11.6. The Hall–Kier alpha value is -8.72. The first-order valence-electron chi connectivity index (χ1n) is 23.2. The molecule has 0 aliphatic heterocycles. The third kappa shape index (κ3) is 5.57. The Morgan fingerprint density at radius 3 is 1.51 bits per heavy atom. The van der Waals surface area contributed by atoms with Gasteiger partial charge in [0, 0.05) is 27.8 Å². The lowest BCUT2D eigenvalue weighted by atomic mass is 9.70. The Morgan fingerprint density at radius 1 is 0.284 bits per heavy atom. The van der Waals surface area contributed by atoms with Crippen LogP contribution >= 0.6 is 0 Å². The van der Waals surface area contributed by atoms with Crippen LogP contribution in [-0.4, -0.2) is 0 Å². The Bertz CT molecular complexity index is 3860. The maximum Gasteiger partial charge on any atom is 0.136 e. The van der Waals surface area contributed by atoms with Crippen LogP contribution in [0.25, 0.3) is 88.3 Å². The average Bonchev–Trinajstić information content (AvgIpc) is 4.03. The number of rotatable bonds is 6. The number of furan rings is 1. The zero-order valence-electron chi connectivity index (χ0n) is 36.5. The lowest BCUT2D eigenvalue weighted by molar-refractivity contribution is 0.669. The molecule has 67 heavy (non-hydrogen) atoms. The Balaban J connectivity index is 0.936. The van der Waals surface area contributed by atoms with E-state index in [0.717, 1.165) is 50.1 Å². The van der Waals surface area contributed by atoms with Gasteiger partial charge in [0.2, 0.25) is 0 Å². The molecule has 0 bridgehead atoms. The topological polar surface area (TPSA) is 16.4 Å². The Kier molecular flexibility index (Phi) is 8.23. The minimum Gasteiger partial charge on any atom is -0.456 e. The smallest absolute Gasteiger partial charge is 0.136 e. The zero-order chi connectivity index (χ0) is 44.1. The van der Waals surface area contributed by atoms with Gasteiger partial charge in [0.05, 0.1) is 5.41 Å². The maximum absolute atomic E-state index is 6.38. The molecule has 0 atom stereocenters. The summed E-state index contributed by atoms with van der Waals surface area (Å²) >= 11 is 0. The van der Waals surface area contributed by atoms with Gasteiger partial charge in [-0.2, -0.15) is 0 Å². The lowest BCUT2D eigenvalue weighted by Crippen LogP contribution is -2.26. The van der Waals surface area contributed by atoms with Crippen LogP contribution < -0.4 is 4.90 Å². The number of hydrogen-bond donors (Lipinski definition) is 0. The highest BCUT2D eigenvalue weighted by molar-refractivity contribution is 6.12. The second-order valence-corrected chi connectivity index (χ2v) is 17.9. The van der Waals surface area contributed by atoms with Crippen LogP contribution in [0.2, 0.25) is 0 Å². The van der Waals surface area contributed by atoms with Crippen molar-refractivity contribution in [1.82, 2.24) is 0 Å². The van der Waals surface area contributed by atoms with E-state index in [0.29, 0.717) is 0 Å². The third-order valence-corrected chi connectivity index (χ3v) is 14.5. The van der Waals surface area contributed by atoms with E-state index in [9.17, 15) is 0 Å². The maximum atomic E-state index is 6.38. The minimum atomic E-state index is -0.456. The molecule has 0 saturated heterocycles. The second kappa shape index (κ2) is 14.7.